The first kappa shape index (κ1) is 21.0. The van der Waals surface area contributed by atoms with Gasteiger partial charge in [0.05, 0.1) is 7.11 Å². The van der Waals surface area contributed by atoms with Crippen LogP contribution in [0.5, 0.6) is 5.75 Å². The molecule has 0 aliphatic carbocycles. The van der Waals surface area contributed by atoms with Gasteiger partial charge in [0.1, 0.15) is 5.75 Å². The SMILES string of the molecule is CCOCCCCNC(=NC)NCc1ccc(OC)cc1.I. The van der Waals surface area contributed by atoms with Gasteiger partial charge in [-0.25, -0.2) is 0 Å². The Bertz CT molecular complexity index is 410. The van der Waals surface area contributed by atoms with Crippen molar-refractivity contribution in [3.05, 3.63) is 29.8 Å². The van der Waals surface area contributed by atoms with Gasteiger partial charge in [-0.2, -0.15) is 0 Å². The van der Waals surface area contributed by atoms with Crippen LogP contribution in [-0.4, -0.2) is 39.9 Å². The minimum Gasteiger partial charge on any atom is -0.497 e. The predicted octanol–water partition coefficient (Wildman–Crippen LogP) is 2.79. The van der Waals surface area contributed by atoms with Crippen LogP contribution < -0.4 is 15.4 Å². The number of hydrogen-bond acceptors (Lipinski definition) is 3. The van der Waals surface area contributed by atoms with E-state index in [1.807, 2.05) is 31.2 Å². The summed E-state index contributed by atoms with van der Waals surface area (Å²) in [5.41, 5.74) is 1.19. The van der Waals surface area contributed by atoms with Crippen LogP contribution in [0.1, 0.15) is 25.3 Å². The summed E-state index contributed by atoms with van der Waals surface area (Å²) >= 11 is 0. The van der Waals surface area contributed by atoms with Gasteiger partial charge in [0.15, 0.2) is 5.96 Å². The van der Waals surface area contributed by atoms with Crippen LogP contribution in [0.15, 0.2) is 29.3 Å². The molecule has 0 amide bonds. The van der Waals surface area contributed by atoms with Gasteiger partial charge in [-0.15, -0.1) is 24.0 Å². The van der Waals surface area contributed by atoms with E-state index in [0.717, 1.165) is 50.9 Å². The van der Waals surface area contributed by atoms with Crippen molar-refractivity contribution in [2.45, 2.75) is 26.3 Å². The number of unbranched alkanes of at least 4 members (excludes halogenated alkanes) is 1. The van der Waals surface area contributed by atoms with Crippen LogP contribution in [-0.2, 0) is 11.3 Å². The fourth-order valence-corrected chi connectivity index (χ4v) is 1.83. The van der Waals surface area contributed by atoms with E-state index < -0.39 is 0 Å². The second kappa shape index (κ2) is 13.6. The molecule has 126 valence electrons. The number of nitrogens with zero attached hydrogens (tertiary/aromatic N) is 1. The molecule has 2 N–H and O–H groups in total. The third kappa shape index (κ3) is 9.09. The summed E-state index contributed by atoms with van der Waals surface area (Å²) in [5.74, 6) is 1.69. The Kier molecular flexibility index (Phi) is 13.0. The Morgan fingerprint density at radius 3 is 2.45 bits per heavy atom. The Morgan fingerprint density at radius 1 is 1.14 bits per heavy atom. The third-order valence-electron chi connectivity index (χ3n) is 3.05. The molecule has 0 atom stereocenters. The molecule has 6 heteroatoms. The minimum atomic E-state index is 0. The van der Waals surface area contributed by atoms with E-state index in [9.17, 15) is 0 Å². The highest BCUT2D eigenvalue weighted by molar-refractivity contribution is 14.0. The fraction of sp³-hybridized carbons (Fsp3) is 0.562. The number of ether oxygens (including phenoxy) is 2. The van der Waals surface area contributed by atoms with E-state index in [4.69, 9.17) is 9.47 Å². The van der Waals surface area contributed by atoms with Gasteiger partial charge in [0.2, 0.25) is 0 Å². The lowest BCUT2D eigenvalue weighted by molar-refractivity contribution is 0.143. The summed E-state index contributed by atoms with van der Waals surface area (Å²) in [5, 5.41) is 6.59. The molecule has 1 aromatic carbocycles. The number of guanidine groups is 1. The molecule has 1 aromatic rings. The summed E-state index contributed by atoms with van der Waals surface area (Å²) in [4.78, 5) is 4.21. The standard InChI is InChI=1S/C16H27N3O2.HI/c1-4-21-12-6-5-11-18-16(17-2)19-13-14-7-9-15(20-3)10-8-14;/h7-10H,4-6,11-13H2,1-3H3,(H2,17,18,19);1H. The minimum absolute atomic E-state index is 0. The molecule has 0 fully saturated rings. The number of benzene rings is 1. The maximum atomic E-state index is 5.31. The van der Waals surface area contributed by atoms with E-state index >= 15 is 0 Å². The van der Waals surface area contributed by atoms with Gasteiger partial charge >= 0.3 is 0 Å². The molecule has 0 aromatic heterocycles. The van der Waals surface area contributed by atoms with Crippen molar-refractivity contribution < 1.29 is 9.47 Å². The van der Waals surface area contributed by atoms with E-state index in [1.165, 1.54) is 5.56 Å². The zero-order valence-electron chi connectivity index (χ0n) is 13.7. The summed E-state index contributed by atoms with van der Waals surface area (Å²) in [6.45, 7) is 5.27. The molecule has 0 spiro atoms. The van der Waals surface area contributed by atoms with Gasteiger partial charge in [-0.05, 0) is 37.5 Å². The van der Waals surface area contributed by atoms with Gasteiger partial charge in [-0.1, -0.05) is 12.1 Å². The number of nitrogens with one attached hydrogen (secondary N) is 2. The molecule has 0 aliphatic heterocycles. The molecule has 0 saturated heterocycles. The van der Waals surface area contributed by atoms with Crippen LogP contribution in [0.3, 0.4) is 0 Å². The zero-order chi connectivity index (χ0) is 15.3. The van der Waals surface area contributed by atoms with Crippen molar-refractivity contribution in [2.24, 2.45) is 4.99 Å². The zero-order valence-corrected chi connectivity index (χ0v) is 16.1. The van der Waals surface area contributed by atoms with Gasteiger partial charge in [-0.3, -0.25) is 4.99 Å². The normalized spacial score (nSPS) is 10.8. The second-order valence-corrected chi connectivity index (χ2v) is 4.60. The van der Waals surface area contributed by atoms with Gasteiger partial charge < -0.3 is 20.1 Å². The molecule has 0 heterocycles. The summed E-state index contributed by atoms with van der Waals surface area (Å²) in [6, 6.07) is 8.00. The number of hydrogen-bond donors (Lipinski definition) is 2. The second-order valence-electron chi connectivity index (χ2n) is 4.60. The molecule has 0 radical (unpaired) electrons. The maximum Gasteiger partial charge on any atom is 0.191 e. The first-order valence-electron chi connectivity index (χ1n) is 7.45. The molecule has 0 unspecified atom stereocenters. The van der Waals surface area contributed by atoms with Crippen molar-refractivity contribution in [3.63, 3.8) is 0 Å². The van der Waals surface area contributed by atoms with Crippen LogP contribution in [0, 0.1) is 0 Å². The molecular formula is C16H28IN3O2. The number of halogens is 1. The average molecular weight is 421 g/mol. The van der Waals surface area contributed by atoms with Crippen molar-refractivity contribution >= 4 is 29.9 Å². The maximum absolute atomic E-state index is 5.31. The van der Waals surface area contributed by atoms with Crippen molar-refractivity contribution in [1.29, 1.82) is 0 Å². The molecule has 0 aliphatic rings. The molecule has 5 nitrogen and oxygen atoms in total. The van der Waals surface area contributed by atoms with Crippen LogP contribution in [0.2, 0.25) is 0 Å². The Hall–Kier alpha value is -1.02. The average Bonchev–Trinajstić information content (AvgIpc) is 2.54. The van der Waals surface area contributed by atoms with Crippen LogP contribution in [0.25, 0.3) is 0 Å². The first-order chi connectivity index (χ1) is 10.3. The fourth-order valence-electron chi connectivity index (χ4n) is 1.83. The first-order valence-corrected chi connectivity index (χ1v) is 7.45. The van der Waals surface area contributed by atoms with Crippen LogP contribution in [0.4, 0.5) is 0 Å². The van der Waals surface area contributed by atoms with Crippen molar-refractivity contribution in [1.82, 2.24) is 10.6 Å². The van der Waals surface area contributed by atoms with E-state index in [2.05, 4.69) is 15.6 Å². The van der Waals surface area contributed by atoms with Crippen LogP contribution >= 0.6 is 24.0 Å². The van der Waals surface area contributed by atoms with Gasteiger partial charge in [0, 0.05) is 33.4 Å². The molecule has 0 saturated carbocycles. The van der Waals surface area contributed by atoms with E-state index in [-0.39, 0.29) is 24.0 Å². The van der Waals surface area contributed by atoms with Crippen molar-refractivity contribution in [3.8, 4) is 5.75 Å². The molecule has 1 rings (SSSR count). The number of rotatable bonds is 9. The monoisotopic (exact) mass is 421 g/mol. The highest BCUT2D eigenvalue weighted by Crippen LogP contribution is 2.10. The summed E-state index contributed by atoms with van der Waals surface area (Å²) in [6.07, 6.45) is 2.14. The molecular weight excluding hydrogens is 393 g/mol. The summed E-state index contributed by atoms with van der Waals surface area (Å²) in [7, 11) is 3.45. The molecule has 22 heavy (non-hydrogen) atoms. The predicted molar refractivity (Wildman–Crippen MR) is 102 cm³/mol. The van der Waals surface area contributed by atoms with E-state index in [1.54, 1.807) is 14.2 Å². The van der Waals surface area contributed by atoms with Crippen molar-refractivity contribution in [2.75, 3.05) is 33.9 Å². The highest BCUT2D eigenvalue weighted by Gasteiger charge is 1.98. The number of methoxy groups -OCH3 is 1. The lowest BCUT2D eigenvalue weighted by Gasteiger charge is -2.12. The molecule has 0 bridgehead atoms. The van der Waals surface area contributed by atoms with E-state index in [0.29, 0.717) is 0 Å². The Balaban J connectivity index is 0.00000441. The van der Waals surface area contributed by atoms with Gasteiger partial charge in [0.25, 0.3) is 0 Å². The smallest absolute Gasteiger partial charge is 0.191 e. The lowest BCUT2D eigenvalue weighted by Crippen LogP contribution is -2.37. The quantitative estimate of drug-likeness (QED) is 0.279. The lowest BCUT2D eigenvalue weighted by atomic mass is 10.2. The largest absolute Gasteiger partial charge is 0.497 e. The third-order valence-corrected chi connectivity index (χ3v) is 3.05. The Labute approximate surface area is 150 Å². The number of aliphatic imine (C=N–C) groups is 1. The summed E-state index contributed by atoms with van der Waals surface area (Å²) < 4.78 is 10.4. The highest BCUT2D eigenvalue weighted by atomic mass is 127. The Morgan fingerprint density at radius 2 is 1.86 bits per heavy atom. The topological polar surface area (TPSA) is 54.9 Å².